The second kappa shape index (κ2) is 8.04. The Hall–Kier alpha value is -3.09. The van der Waals surface area contributed by atoms with Crippen LogP contribution in [0.4, 0.5) is 26.8 Å². The Labute approximate surface area is 195 Å². The molecule has 1 saturated carbocycles. The number of carbonyl (C=O) groups is 2. The maximum atomic E-state index is 13.4. The molecule has 4 rings (SSSR count). The standard InChI is InChI=1S/C26H33N3O4/c1-16-13-19(16)17-10-11-20-21(14-17)28(23(30)32-25(2,3)4)15-18-9-8-12-27-22(18)29(20)24(31)33-26(5,6)7/h8-12,14,16,19H,13,15H2,1-7H3. The van der Waals surface area contributed by atoms with E-state index in [4.69, 9.17) is 9.47 Å². The highest BCUT2D eigenvalue weighted by atomic mass is 16.6. The van der Waals surface area contributed by atoms with E-state index in [1.807, 2.05) is 65.8 Å². The number of benzene rings is 1. The molecule has 1 aliphatic carbocycles. The van der Waals surface area contributed by atoms with Gasteiger partial charge in [-0.2, -0.15) is 0 Å². The van der Waals surface area contributed by atoms with Crippen LogP contribution < -0.4 is 9.80 Å². The van der Waals surface area contributed by atoms with E-state index >= 15 is 0 Å². The minimum atomic E-state index is -0.688. The van der Waals surface area contributed by atoms with Crippen molar-refractivity contribution in [2.45, 2.75) is 78.6 Å². The Kier molecular flexibility index (Phi) is 5.63. The summed E-state index contributed by atoms with van der Waals surface area (Å²) >= 11 is 0. The van der Waals surface area contributed by atoms with Crippen molar-refractivity contribution in [1.29, 1.82) is 0 Å². The van der Waals surface area contributed by atoms with Crippen LogP contribution in [0.1, 0.15) is 71.9 Å². The summed E-state index contributed by atoms with van der Waals surface area (Å²) in [6.45, 7) is 13.5. The lowest BCUT2D eigenvalue weighted by molar-refractivity contribution is 0.0571. The van der Waals surface area contributed by atoms with Crippen LogP contribution in [0, 0.1) is 5.92 Å². The van der Waals surface area contributed by atoms with Gasteiger partial charge in [0.2, 0.25) is 0 Å². The summed E-state index contributed by atoms with van der Waals surface area (Å²) in [5.74, 6) is 1.51. The topological polar surface area (TPSA) is 72.0 Å². The summed E-state index contributed by atoms with van der Waals surface area (Å²) < 4.78 is 11.5. The Morgan fingerprint density at radius 1 is 0.970 bits per heavy atom. The first-order valence-electron chi connectivity index (χ1n) is 11.5. The Bertz CT molecular complexity index is 1080. The second-order valence-corrected chi connectivity index (χ2v) is 10.9. The molecule has 2 atom stereocenters. The molecule has 2 aliphatic rings. The zero-order valence-electron chi connectivity index (χ0n) is 20.5. The normalized spacial score (nSPS) is 19.8. The van der Waals surface area contributed by atoms with Crippen molar-refractivity contribution >= 4 is 29.4 Å². The van der Waals surface area contributed by atoms with E-state index in [9.17, 15) is 9.59 Å². The van der Waals surface area contributed by atoms with Crippen molar-refractivity contribution in [1.82, 2.24) is 4.98 Å². The van der Waals surface area contributed by atoms with Gasteiger partial charge in [-0.1, -0.05) is 19.1 Å². The molecule has 0 spiro atoms. The molecule has 7 nitrogen and oxygen atoms in total. The van der Waals surface area contributed by atoms with E-state index in [0.717, 1.165) is 17.5 Å². The highest BCUT2D eigenvalue weighted by Gasteiger charge is 2.39. The first-order valence-corrected chi connectivity index (χ1v) is 11.5. The fourth-order valence-electron chi connectivity index (χ4n) is 4.06. The fourth-order valence-corrected chi connectivity index (χ4v) is 4.06. The van der Waals surface area contributed by atoms with Gasteiger partial charge in [-0.05, 0) is 83.6 Å². The number of anilines is 3. The molecular formula is C26H33N3O4. The lowest BCUT2D eigenvalue weighted by atomic mass is 10.1. The molecule has 176 valence electrons. The molecule has 0 bridgehead atoms. The minimum Gasteiger partial charge on any atom is -0.443 e. The second-order valence-electron chi connectivity index (χ2n) is 10.9. The maximum Gasteiger partial charge on any atom is 0.420 e. The van der Waals surface area contributed by atoms with Gasteiger partial charge in [0.05, 0.1) is 17.9 Å². The largest absolute Gasteiger partial charge is 0.443 e. The van der Waals surface area contributed by atoms with Crippen molar-refractivity contribution in [3.8, 4) is 0 Å². The van der Waals surface area contributed by atoms with Crippen molar-refractivity contribution in [2.75, 3.05) is 9.80 Å². The maximum absolute atomic E-state index is 13.4. The average Bonchev–Trinajstić information content (AvgIpc) is 3.43. The van der Waals surface area contributed by atoms with Crippen LogP contribution in [-0.2, 0) is 16.0 Å². The van der Waals surface area contributed by atoms with Crippen molar-refractivity contribution in [2.24, 2.45) is 5.92 Å². The molecule has 2 unspecified atom stereocenters. The lowest BCUT2D eigenvalue weighted by Crippen LogP contribution is -2.37. The lowest BCUT2D eigenvalue weighted by Gasteiger charge is -2.29. The van der Waals surface area contributed by atoms with Gasteiger partial charge in [-0.3, -0.25) is 4.90 Å². The van der Waals surface area contributed by atoms with Crippen LogP contribution in [0.2, 0.25) is 0 Å². The molecule has 1 aromatic carbocycles. The van der Waals surface area contributed by atoms with E-state index in [2.05, 4.69) is 11.9 Å². The number of carbonyl (C=O) groups excluding carboxylic acids is 2. The van der Waals surface area contributed by atoms with Crippen molar-refractivity contribution in [3.05, 3.63) is 47.7 Å². The van der Waals surface area contributed by atoms with Gasteiger partial charge in [0, 0.05) is 11.8 Å². The molecule has 33 heavy (non-hydrogen) atoms. The summed E-state index contributed by atoms with van der Waals surface area (Å²) in [6.07, 6.45) is 1.75. The molecule has 1 aliphatic heterocycles. The highest BCUT2D eigenvalue weighted by molar-refractivity contribution is 6.04. The number of pyridine rings is 1. The number of nitrogens with zero attached hydrogens (tertiary/aromatic N) is 3. The number of amides is 2. The predicted molar refractivity (Wildman–Crippen MR) is 128 cm³/mol. The highest BCUT2D eigenvalue weighted by Crippen LogP contribution is 2.50. The molecule has 2 heterocycles. The first kappa shape index (κ1) is 23.1. The molecule has 2 amide bonds. The Balaban J connectivity index is 1.88. The van der Waals surface area contributed by atoms with Gasteiger partial charge >= 0.3 is 12.2 Å². The zero-order chi connectivity index (χ0) is 24.1. The smallest absolute Gasteiger partial charge is 0.420 e. The predicted octanol–water partition coefficient (Wildman–Crippen LogP) is 6.53. The molecule has 1 fully saturated rings. The third-order valence-corrected chi connectivity index (χ3v) is 5.67. The summed E-state index contributed by atoms with van der Waals surface area (Å²) in [6, 6.07) is 9.60. The van der Waals surface area contributed by atoms with Crippen molar-refractivity contribution in [3.63, 3.8) is 0 Å². The van der Waals surface area contributed by atoms with Gasteiger partial charge in [-0.25, -0.2) is 19.5 Å². The summed E-state index contributed by atoms with van der Waals surface area (Å²) in [5.41, 5.74) is 1.69. The minimum absolute atomic E-state index is 0.230. The quantitative estimate of drug-likeness (QED) is 0.493. The third-order valence-electron chi connectivity index (χ3n) is 5.67. The monoisotopic (exact) mass is 451 g/mol. The van der Waals surface area contributed by atoms with Gasteiger partial charge < -0.3 is 9.47 Å². The van der Waals surface area contributed by atoms with Crippen LogP contribution >= 0.6 is 0 Å². The third kappa shape index (κ3) is 4.97. The van der Waals surface area contributed by atoms with Crippen LogP contribution in [0.25, 0.3) is 0 Å². The van der Waals surface area contributed by atoms with Crippen LogP contribution in [0.3, 0.4) is 0 Å². The number of ether oxygens (including phenoxy) is 2. The number of fused-ring (bicyclic) bond motifs is 2. The molecule has 1 aromatic heterocycles. The summed E-state index contributed by atoms with van der Waals surface area (Å²) in [4.78, 5) is 34.3. The summed E-state index contributed by atoms with van der Waals surface area (Å²) in [5, 5.41) is 0. The average molecular weight is 452 g/mol. The summed E-state index contributed by atoms with van der Waals surface area (Å²) in [7, 11) is 0. The Morgan fingerprint density at radius 3 is 2.21 bits per heavy atom. The van der Waals surface area contributed by atoms with E-state index in [-0.39, 0.29) is 6.54 Å². The molecule has 0 saturated heterocycles. The van der Waals surface area contributed by atoms with E-state index in [0.29, 0.717) is 29.0 Å². The van der Waals surface area contributed by atoms with E-state index in [1.165, 1.54) is 4.90 Å². The van der Waals surface area contributed by atoms with Gasteiger partial charge in [0.25, 0.3) is 0 Å². The van der Waals surface area contributed by atoms with Crippen LogP contribution in [-0.4, -0.2) is 28.4 Å². The Morgan fingerprint density at radius 2 is 1.61 bits per heavy atom. The number of hydrogen-bond acceptors (Lipinski definition) is 5. The van der Waals surface area contributed by atoms with E-state index < -0.39 is 23.4 Å². The molecule has 7 heteroatoms. The number of rotatable bonds is 1. The molecular weight excluding hydrogens is 418 g/mol. The molecule has 0 radical (unpaired) electrons. The van der Waals surface area contributed by atoms with E-state index in [1.54, 1.807) is 17.2 Å². The number of hydrogen-bond donors (Lipinski definition) is 0. The fraction of sp³-hybridized carbons (Fsp3) is 0.500. The van der Waals surface area contributed by atoms with Crippen LogP contribution in [0.15, 0.2) is 36.5 Å². The van der Waals surface area contributed by atoms with Crippen molar-refractivity contribution < 1.29 is 19.1 Å². The SMILES string of the molecule is CC1CC1c1ccc2c(c1)N(C(=O)OC(C)(C)C)Cc1cccnc1N2C(=O)OC(C)(C)C. The number of aromatic nitrogens is 1. The molecule has 0 N–H and O–H groups in total. The molecule has 2 aromatic rings. The van der Waals surface area contributed by atoms with Gasteiger partial charge in [-0.15, -0.1) is 0 Å². The first-order chi connectivity index (χ1) is 15.3. The van der Waals surface area contributed by atoms with Gasteiger partial charge in [0.1, 0.15) is 17.0 Å². The van der Waals surface area contributed by atoms with Gasteiger partial charge in [0.15, 0.2) is 0 Å². The zero-order valence-corrected chi connectivity index (χ0v) is 20.5. The van der Waals surface area contributed by atoms with Crippen LogP contribution in [0.5, 0.6) is 0 Å².